The first-order chi connectivity index (χ1) is 12.2. The number of anilines is 1. The Morgan fingerprint density at radius 2 is 2.04 bits per heavy atom. The molecule has 0 saturated carbocycles. The summed E-state index contributed by atoms with van der Waals surface area (Å²) in [6, 6.07) is 9.22. The third kappa shape index (κ3) is 3.29. The molecular formula is C16H14ClN7O. The van der Waals surface area contributed by atoms with Gasteiger partial charge in [0.25, 0.3) is 5.78 Å². The molecule has 0 fully saturated rings. The lowest BCUT2D eigenvalue weighted by atomic mass is 10.2. The molecule has 0 aliphatic carbocycles. The first-order valence-electron chi connectivity index (χ1n) is 7.69. The lowest BCUT2D eigenvalue weighted by Crippen LogP contribution is -2.10. The summed E-state index contributed by atoms with van der Waals surface area (Å²) in [4.78, 5) is 12.8. The van der Waals surface area contributed by atoms with E-state index in [2.05, 4.69) is 30.5 Å². The Kier molecular flexibility index (Phi) is 4.02. The number of nitrogens with one attached hydrogen (secondary N) is 1. The van der Waals surface area contributed by atoms with Crippen LogP contribution in [0.15, 0.2) is 41.2 Å². The molecule has 1 N–H and O–H groups in total. The minimum absolute atomic E-state index is 0.546. The van der Waals surface area contributed by atoms with Crippen molar-refractivity contribution in [3.05, 3.63) is 53.3 Å². The van der Waals surface area contributed by atoms with E-state index in [0.29, 0.717) is 35.5 Å². The number of halogens is 1. The van der Waals surface area contributed by atoms with Crippen molar-refractivity contribution < 1.29 is 4.52 Å². The van der Waals surface area contributed by atoms with Crippen LogP contribution in [0.5, 0.6) is 0 Å². The van der Waals surface area contributed by atoms with E-state index in [4.69, 9.17) is 16.1 Å². The average molecular weight is 356 g/mol. The first kappa shape index (κ1) is 15.5. The predicted octanol–water partition coefficient (Wildman–Crippen LogP) is 2.79. The molecule has 0 radical (unpaired) electrons. The van der Waals surface area contributed by atoms with Crippen molar-refractivity contribution in [3.63, 3.8) is 0 Å². The fourth-order valence-corrected chi connectivity index (χ4v) is 2.55. The SMILES string of the molecule is Cc1cc(NCCc2nc(-c3ccc(Cl)cc3)no2)n2ncnc2n1. The zero-order valence-corrected chi connectivity index (χ0v) is 14.1. The lowest BCUT2D eigenvalue weighted by Gasteiger charge is -2.07. The van der Waals surface area contributed by atoms with Gasteiger partial charge < -0.3 is 9.84 Å². The summed E-state index contributed by atoms with van der Waals surface area (Å²) in [5, 5.41) is 12.1. The monoisotopic (exact) mass is 355 g/mol. The quantitative estimate of drug-likeness (QED) is 0.588. The van der Waals surface area contributed by atoms with E-state index < -0.39 is 0 Å². The highest BCUT2D eigenvalue weighted by molar-refractivity contribution is 6.30. The number of nitrogens with zero attached hydrogens (tertiary/aromatic N) is 6. The van der Waals surface area contributed by atoms with Crippen molar-refractivity contribution in [3.8, 4) is 11.4 Å². The second-order valence-electron chi connectivity index (χ2n) is 5.45. The lowest BCUT2D eigenvalue weighted by molar-refractivity contribution is 0.381. The van der Waals surface area contributed by atoms with Gasteiger partial charge in [-0.25, -0.2) is 4.98 Å². The van der Waals surface area contributed by atoms with Crippen LogP contribution in [0.2, 0.25) is 5.02 Å². The second-order valence-corrected chi connectivity index (χ2v) is 5.89. The van der Waals surface area contributed by atoms with Gasteiger partial charge in [0.1, 0.15) is 12.1 Å². The highest BCUT2D eigenvalue weighted by Crippen LogP contribution is 2.19. The summed E-state index contributed by atoms with van der Waals surface area (Å²) in [5.41, 5.74) is 1.73. The van der Waals surface area contributed by atoms with Crippen LogP contribution in [0.1, 0.15) is 11.6 Å². The minimum atomic E-state index is 0.546. The Bertz CT molecular complexity index is 1010. The molecule has 0 unspecified atom stereocenters. The number of hydrogen-bond donors (Lipinski definition) is 1. The molecule has 0 atom stereocenters. The number of fused-ring (bicyclic) bond motifs is 1. The molecule has 0 saturated heterocycles. The smallest absolute Gasteiger partial charge is 0.254 e. The van der Waals surface area contributed by atoms with E-state index in [0.717, 1.165) is 17.1 Å². The normalized spacial score (nSPS) is 11.1. The molecule has 0 aliphatic heterocycles. The molecule has 0 spiro atoms. The molecule has 126 valence electrons. The average Bonchev–Trinajstić information content (AvgIpc) is 3.24. The van der Waals surface area contributed by atoms with E-state index >= 15 is 0 Å². The van der Waals surface area contributed by atoms with Crippen LogP contribution in [0.3, 0.4) is 0 Å². The first-order valence-corrected chi connectivity index (χ1v) is 8.06. The molecule has 9 heteroatoms. The molecule has 0 aliphatic rings. The minimum Gasteiger partial charge on any atom is -0.369 e. The highest BCUT2D eigenvalue weighted by atomic mass is 35.5. The molecular weight excluding hydrogens is 342 g/mol. The van der Waals surface area contributed by atoms with Gasteiger partial charge in [-0.05, 0) is 31.2 Å². The number of hydrogen-bond acceptors (Lipinski definition) is 7. The van der Waals surface area contributed by atoms with Gasteiger partial charge in [-0.1, -0.05) is 16.8 Å². The maximum absolute atomic E-state index is 5.89. The van der Waals surface area contributed by atoms with Gasteiger partial charge in [0.05, 0.1) is 0 Å². The van der Waals surface area contributed by atoms with Gasteiger partial charge in [0.2, 0.25) is 11.7 Å². The van der Waals surface area contributed by atoms with Gasteiger partial charge >= 0.3 is 0 Å². The molecule has 4 rings (SSSR count). The summed E-state index contributed by atoms with van der Waals surface area (Å²) in [6.45, 7) is 2.52. The summed E-state index contributed by atoms with van der Waals surface area (Å²) in [7, 11) is 0. The summed E-state index contributed by atoms with van der Waals surface area (Å²) in [6.07, 6.45) is 2.06. The zero-order valence-electron chi connectivity index (χ0n) is 13.3. The van der Waals surface area contributed by atoms with Crippen LogP contribution in [-0.4, -0.2) is 36.3 Å². The van der Waals surface area contributed by atoms with Crippen molar-refractivity contribution in [1.29, 1.82) is 0 Å². The molecule has 8 nitrogen and oxygen atoms in total. The van der Waals surface area contributed by atoms with Crippen LogP contribution in [0, 0.1) is 6.92 Å². The molecule has 3 aromatic heterocycles. The van der Waals surface area contributed by atoms with Crippen molar-refractivity contribution in [1.82, 2.24) is 29.7 Å². The van der Waals surface area contributed by atoms with Crippen molar-refractivity contribution in [2.75, 3.05) is 11.9 Å². The third-order valence-electron chi connectivity index (χ3n) is 3.60. The Hall–Kier alpha value is -3.00. The van der Waals surface area contributed by atoms with Gasteiger partial charge in [0, 0.05) is 35.3 Å². The van der Waals surface area contributed by atoms with Crippen molar-refractivity contribution >= 4 is 23.2 Å². The van der Waals surface area contributed by atoms with Gasteiger partial charge in [-0.15, -0.1) is 0 Å². The summed E-state index contributed by atoms with van der Waals surface area (Å²) < 4.78 is 6.95. The Morgan fingerprint density at radius 3 is 2.88 bits per heavy atom. The predicted molar refractivity (Wildman–Crippen MR) is 92.5 cm³/mol. The highest BCUT2D eigenvalue weighted by Gasteiger charge is 2.09. The number of aromatic nitrogens is 6. The molecule has 25 heavy (non-hydrogen) atoms. The fraction of sp³-hybridized carbons (Fsp3) is 0.188. The molecule has 1 aromatic carbocycles. The summed E-state index contributed by atoms with van der Waals surface area (Å²) in [5.74, 6) is 2.48. The van der Waals surface area contributed by atoms with Gasteiger partial charge in [-0.2, -0.15) is 19.6 Å². The van der Waals surface area contributed by atoms with Crippen LogP contribution < -0.4 is 5.32 Å². The standard InChI is InChI=1S/C16H14ClN7O/c1-10-8-13(24-16(21-10)19-9-20-24)18-7-6-14-22-15(23-25-14)11-2-4-12(17)5-3-11/h2-5,8-9,18H,6-7H2,1H3. The molecule has 4 aromatic rings. The van der Waals surface area contributed by atoms with E-state index in [1.807, 2.05) is 25.1 Å². The topological polar surface area (TPSA) is 94.0 Å². The number of benzene rings is 1. The Labute approximate surface area is 147 Å². The largest absolute Gasteiger partial charge is 0.369 e. The number of aryl methyl sites for hydroxylation is 1. The van der Waals surface area contributed by atoms with Crippen molar-refractivity contribution in [2.24, 2.45) is 0 Å². The van der Waals surface area contributed by atoms with Crippen LogP contribution in [0.4, 0.5) is 5.82 Å². The third-order valence-corrected chi connectivity index (χ3v) is 3.85. The van der Waals surface area contributed by atoms with Gasteiger partial charge in [-0.3, -0.25) is 0 Å². The van der Waals surface area contributed by atoms with E-state index in [1.54, 1.807) is 16.6 Å². The van der Waals surface area contributed by atoms with Crippen LogP contribution in [0.25, 0.3) is 17.2 Å². The van der Waals surface area contributed by atoms with E-state index in [9.17, 15) is 0 Å². The van der Waals surface area contributed by atoms with Crippen LogP contribution >= 0.6 is 11.6 Å². The number of rotatable bonds is 5. The molecule has 0 amide bonds. The van der Waals surface area contributed by atoms with E-state index in [-0.39, 0.29) is 0 Å². The Balaban J connectivity index is 1.43. The zero-order chi connectivity index (χ0) is 17.2. The second kappa shape index (κ2) is 6.48. The molecule has 3 heterocycles. The summed E-state index contributed by atoms with van der Waals surface area (Å²) >= 11 is 5.89. The Morgan fingerprint density at radius 1 is 1.20 bits per heavy atom. The maximum atomic E-state index is 5.89. The van der Waals surface area contributed by atoms with Crippen molar-refractivity contribution in [2.45, 2.75) is 13.3 Å². The maximum Gasteiger partial charge on any atom is 0.254 e. The fourth-order valence-electron chi connectivity index (χ4n) is 2.43. The van der Waals surface area contributed by atoms with Crippen LogP contribution in [-0.2, 0) is 6.42 Å². The van der Waals surface area contributed by atoms with E-state index in [1.165, 1.54) is 6.33 Å². The molecule has 0 bridgehead atoms. The van der Waals surface area contributed by atoms with Gasteiger partial charge in [0.15, 0.2) is 0 Å².